The van der Waals surface area contributed by atoms with E-state index in [0.29, 0.717) is 17.1 Å². The van der Waals surface area contributed by atoms with E-state index in [1.54, 1.807) is 6.34 Å². The fourth-order valence-corrected chi connectivity index (χ4v) is 7.84. The number of hydrogen-bond donors (Lipinski definition) is 0. The fraction of sp³-hybridized carbons (Fsp3) is 0.690. The summed E-state index contributed by atoms with van der Waals surface area (Å²) in [7, 11) is 0. The van der Waals surface area contributed by atoms with Gasteiger partial charge < -0.3 is 9.80 Å². The Hall–Kier alpha value is -2.42. The van der Waals surface area contributed by atoms with Crippen LogP contribution in [0, 0.1) is 11.8 Å². The van der Waals surface area contributed by atoms with Gasteiger partial charge in [-0.2, -0.15) is 5.11 Å². The van der Waals surface area contributed by atoms with E-state index >= 15 is 0 Å². The third-order valence-corrected chi connectivity index (χ3v) is 10.2. The first-order chi connectivity index (χ1) is 18.5. The van der Waals surface area contributed by atoms with Gasteiger partial charge in [0.1, 0.15) is 18.2 Å². The molecule has 4 heterocycles. The lowest BCUT2D eigenvalue weighted by molar-refractivity contribution is -0.139. The van der Waals surface area contributed by atoms with Crippen molar-refractivity contribution in [3.05, 3.63) is 35.4 Å². The van der Waals surface area contributed by atoms with Crippen LogP contribution in [0.2, 0.25) is 0 Å². The zero-order chi connectivity index (χ0) is 26.6. The van der Waals surface area contributed by atoms with E-state index in [9.17, 15) is 4.79 Å². The summed E-state index contributed by atoms with van der Waals surface area (Å²) in [6, 6.07) is 0.402. The molecule has 5 rings (SSSR count). The summed E-state index contributed by atoms with van der Waals surface area (Å²) >= 11 is 1.91. The number of carbonyl (C=O) groups is 1. The number of aliphatic imine (C=N–C) groups is 2. The highest BCUT2D eigenvalue weighted by molar-refractivity contribution is 8.03. The Morgan fingerprint density at radius 1 is 1.29 bits per heavy atom. The van der Waals surface area contributed by atoms with E-state index in [4.69, 9.17) is 4.99 Å². The van der Waals surface area contributed by atoms with Crippen LogP contribution < -0.4 is 0 Å². The van der Waals surface area contributed by atoms with E-state index in [0.717, 1.165) is 70.5 Å². The van der Waals surface area contributed by atoms with Crippen molar-refractivity contribution in [2.45, 2.75) is 89.1 Å². The van der Waals surface area contributed by atoms with Crippen molar-refractivity contribution in [1.29, 1.82) is 0 Å². The van der Waals surface area contributed by atoms with Crippen molar-refractivity contribution in [3.63, 3.8) is 0 Å². The molecule has 9 heteroatoms. The molecule has 1 saturated heterocycles. The summed E-state index contributed by atoms with van der Waals surface area (Å²) < 4.78 is 0. The number of amides is 1. The maximum absolute atomic E-state index is 13.7. The summed E-state index contributed by atoms with van der Waals surface area (Å²) in [5.74, 6) is 2.02. The average molecular weight is 538 g/mol. The molecule has 5 aliphatic rings. The molecule has 0 aromatic heterocycles. The van der Waals surface area contributed by atoms with Crippen molar-refractivity contribution in [2.24, 2.45) is 32.2 Å². The molecular weight excluding hydrogens is 494 g/mol. The molecule has 6 atom stereocenters. The van der Waals surface area contributed by atoms with Crippen LogP contribution in [-0.4, -0.2) is 82.4 Å². The third-order valence-electron chi connectivity index (χ3n) is 8.74. The summed E-state index contributed by atoms with van der Waals surface area (Å²) in [5, 5.41) is 12.8. The largest absolute Gasteiger partial charge is 0.353 e. The van der Waals surface area contributed by atoms with Crippen LogP contribution in [0.3, 0.4) is 0 Å². The molecular formula is C29H43N7OS. The van der Waals surface area contributed by atoms with Gasteiger partial charge in [-0.25, -0.2) is 9.98 Å². The molecule has 1 saturated carbocycles. The second-order valence-corrected chi connectivity index (χ2v) is 12.6. The van der Waals surface area contributed by atoms with Crippen LogP contribution in [0.25, 0.3) is 0 Å². The van der Waals surface area contributed by atoms with Crippen molar-refractivity contribution in [1.82, 2.24) is 14.8 Å². The number of thioether (sulfide) groups is 1. The number of amidine groups is 1. The Kier molecular flexibility index (Phi) is 8.71. The van der Waals surface area contributed by atoms with Crippen LogP contribution in [0.1, 0.15) is 65.7 Å². The average Bonchev–Trinajstić information content (AvgIpc) is 3.44. The lowest BCUT2D eigenvalue weighted by Crippen LogP contribution is -2.56. The predicted octanol–water partition coefficient (Wildman–Crippen LogP) is 5.47. The molecule has 0 spiro atoms. The topological polar surface area (TPSA) is 76.2 Å². The predicted molar refractivity (Wildman–Crippen MR) is 156 cm³/mol. The third kappa shape index (κ3) is 5.77. The van der Waals surface area contributed by atoms with Gasteiger partial charge in [0.2, 0.25) is 5.91 Å². The lowest BCUT2D eigenvalue weighted by atomic mass is 9.80. The van der Waals surface area contributed by atoms with Crippen LogP contribution in [-0.2, 0) is 4.79 Å². The van der Waals surface area contributed by atoms with Gasteiger partial charge >= 0.3 is 0 Å². The molecule has 1 amide bonds. The number of carbonyl (C=O) groups excluding carboxylic acids is 1. The molecule has 0 aromatic rings. The highest BCUT2D eigenvalue weighted by Crippen LogP contribution is 2.42. The highest BCUT2D eigenvalue weighted by atomic mass is 32.2. The van der Waals surface area contributed by atoms with Gasteiger partial charge in [0.25, 0.3) is 0 Å². The van der Waals surface area contributed by atoms with Crippen molar-refractivity contribution < 1.29 is 4.79 Å². The fourth-order valence-electron chi connectivity index (χ4n) is 6.65. The number of allylic oxidation sites excluding steroid dienone is 1. The van der Waals surface area contributed by atoms with Gasteiger partial charge in [0.15, 0.2) is 0 Å². The molecule has 1 aliphatic carbocycles. The van der Waals surface area contributed by atoms with E-state index in [1.165, 1.54) is 17.0 Å². The maximum atomic E-state index is 13.7. The second kappa shape index (κ2) is 12.2. The Balaban J connectivity index is 1.15. The van der Waals surface area contributed by atoms with Gasteiger partial charge in [0, 0.05) is 49.8 Å². The first kappa shape index (κ1) is 27.2. The molecule has 2 fully saturated rings. The molecule has 206 valence electrons. The number of nitrogens with zero attached hydrogens (tertiary/aromatic N) is 7. The molecule has 0 radical (unpaired) electrons. The molecule has 0 bridgehead atoms. The van der Waals surface area contributed by atoms with Crippen LogP contribution in [0.15, 0.2) is 55.7 Å². The Labute approximate surface area is 232 Å². The van der Waals surface area contributed by atoms with E-state index in [2.05, 4.69) is 56.6 Å². The standard InChI is InChI=1S/C29H43N7OS/c1-5-9-25-26(7-3)36(33-32-25)18-21-10-8-11-22(14-21)29(37)34-12-13-35(20(4)17-34)27-16-23-15-24(6-2)38-28(23)31-19-30-27/h5,7,9,19-22,24-26H,3,6,8,10-18H2,1-2,4H3/b9-5-/t20-,21-,22+,24?,25?,26?/m0/s1. The van der Waals surface area contributed by atoms with Gasteiger partial charge in [-0.1, -0.05) is 36.8 Å². The van der Waals surface area contributed by atoms with Gasteiger partial charge in [-0.15, -0.1) is 18.3 Å². The minimum absolute atomic E-state index is 0.0454. The van der Waals surface area contributed by atoms with Crippen molar-refractivity contribution >= 4 is 29.8 Å². The lowest BCUT2D eigenvalue weighted by Gasteiger charge is -2.43. The molecule has 0 aromatic carbocycles. The van der Waals surface area contributed by atoms with E-state index in [-0.39, 0.29) is 24.0 Å². The zero-order valence-corrected chi connectivity index (χ0v) is 24.0. The van der Waals surface area contributed by atoms with Crippen molar-refractivity contribution in [3.8, 4) is 0 Å². The maximum Gasteiger partial charge on any atom is 0.225 e. The first-order valence-corrected chi connectivity index (χ1v) is 15.3. The van der Waals surface area contributed by atoms with E-state index in [1.807, 2.05) is 30.8 Å². The highest BCUT2D eigenvalue weighted by Gasteiger charge is 2.37. The van der Waals surface area contributed by atoms with Gasteiger partial charge in [0.05, 0.1) is 11.1 Å². The van der Waals surface area contributed by atoms with Crippen molar-refractivity contribution in [2.75, 3.05) is 26.2 Å². The Bertz CT molecular complexity index is 1050. The minimum Gasteiger partial charge on any atom is -0.353 e. The minimum atomic E-state index is 0.0454. The molecule has 38 heavy (non-hydrogen) atoms. The molecule has 4 aliphatic heterocycles. The van der Waals surface area contributed by atoms with Crippen LogP contribution in [0.4, 0.5) is 0 Å². The molecule has 3 unspecified atom stereocenters. The Morgan fingerprint density at radius 3 is 2.92 bits per heavy atom. The number of hydrogen-bond acceptors (Lipinski definition) is 8. The zero-order valence-electron chi connectivity index (χ0n) is 23.2. The van der Waals surface area contributed by atoms with Crippen LogP contribution in [0.5, 0.6) is 0 Å². The molecule has 8 nitrogen and oxygen atoms in total. The SMILES string of the molecule is C=CC1C(/C=C\C)N=NN1C[C@H]1CCC[C@@H](C(=O)N2CCN(C3=NC=NC4=C(C3)CC(CC)S4)[C@@H](C)C2)C1. The van der Waals surface area contributed by atoms with Gasteiger partial charge in [-0.3, -0.25) is 9.80 Å². The normalized spacial score (nSPS) is 33.7. The second-order valence-electron chi connectivity index (χ2n) is 11.4. The molecule has 0 N–H and O–H groups in total. The monoisotopic (exact) mass is 537 g/mol. The first-order valence-electron chi connectivity index (χ1n) is 14.5. The summed E-state index contributed by atoms with van der Waals surface area (Å²) in [5.41, 5.74) is 1.43. The summed E-state index contributed by atoms with van der Waals surface area (Å²) in [4.78, 5) is 27.6. The van der Waals surface area contributed by atoms with E-state index < -0.39 is 0 Å². The smallest absolute Gasteiger partial charge is 0.225 e. The Morgan fingerprint density at radius 2 is 2.16 bits per heavy atom. The quantitative estimate of drug-likeness (QED) is 0.421. The number of piperazine rings is 1. The number of rotatable bonds is 6. The van der Waals surface area contributed by atoms with Crippen LogP contribution >= 0.6 is 11.8 Å². The van der Waals surface area contributed by atoms with Gasteiger partial charge in [-0.05, 0) is 57.4 Å². The summed E-state index contributed by atoms with van der Waals surface area (Å²) in [6.07, 6.45) is 15.2. The summed E-state index contributed by atoms with van der Waals surface area (Å²) in [6.45, 7) is 13.7.